The lowest BCUT2D eigenvalue weighted by Gasteiger charge is -1.92. The van der Waals surface area contributed by atoms with Gasteiger partial charge in [-0.05, 0) is 6.42 Å². The summed E-state index contributed by atoms with van der Waals surface area (Å²) < 4.78 is 6.92. The Hall–Kier alpha value is -1.36. The number of nitrogens with zero attached hydrogens (tertiary/aromatic N) is 4. The molecule has 0 atom stereocenters. The lowest BCUT2D eigenvalue weighted by molar-refractivity contribution is 0.377. The highest BCUT2D eigenvalue weighted by Crippen LogP contribution is 2.12. The first-order valence-corrected chi connectivity index (χ1v) is 5.21. The summed E-state index contributed by atoms with van der Waals surface area (Å²) in [7, 11) is 1.89. The predicted octanol–water partition coefficient (Wildman–Crippen LogP) is 1.64. The van der Waals surface area contributed by atoms with E-state index in [1.165, 1.54) is 0 Å². The van der Waals surface area contributed by atoms with Crippen LogP contribution >= 0.6 is 11.6 Å². The largest absolute Gasteiger partial charge is 0.339 e. The van der Waals surface area contributed by atoms with E-state index in [9.17, 15) is 0 Å². The van der Waals surface area contributed by atoms with E-state index in [2.05, 4.69) is 15.1 Å². The summed E-state index contributed by atoms with van der Waals surface area (Å²) in [5.41, 5.74) is 0. The van der Waals surface area contributed by atoms with Crippen molar-refractivity contribution in [2.24, 2.45) is 7.05 Å². The molecule has 5 nitrogen and oxygen atoms in total. The van der Waals surface area contributed by atoms with Crippen LogP contribution < -0.4 is 0 Å². The molecule has 80 valence electrons. The minimum atomic E-state index is 0.520. The first-order valence-electron chi connectivity index (χ1n) is 4.67. The second kappa shape index (κ2) is 4.44. The molecule has 0 bridgehead atoms. The summed E-state index contributed by atoms with van der Waals surface area (Å²) in [6.07, 6.45) is 5.08. The van der Waals surface area contributed by atoms with E-state index in [4.69, 9.17) is 16.1 Å². The Bertz CT molecular complexity index is 437. The Morgan fingerprint density at radius 3 is 3.07 bits per heavy atom. The number of halogens is 1. The predicted molar refractivity (Wildman–Crippen MR) is 55.5 cm³/mol. The van der Waals surface area contributed by atoms with Crippen molar-refractivity contribution in [3.05, 3.63) is 18.3 Å². The maximum absolute atomic E-state index is 5.58. The average molecular weight is 227 g/mol. The standard InChI is InChI=1S/C9H11ClN4O/c1-14-6-5-11-9(14)8-12-7(15-13-8)3-2-4-10/h5-6H,2-4H2,1H3. The van der Waals surface area contributed by atoms with E-state index < -0.39 is 0 Å². The van der Waals surface area contributed by atoms with E-state index in [0.29, 0.717) is 29.8 Å². The third-order valence-corrected chi connectivity index (χ3v) is 2.28. The molecule has 0 fully saturated rings. The summed E-state index contributed by atoms with van der Waals surface area (Å²) in [5, 5.41) is 3.86. The highest BCUT2D eigenvalue weighted by atomic mass is 35.5. The summed E-state index contributed by atoms with van der Waals surface area (Å²) >= 11 is 5.58. The number of aryl methyl sites for hydroxylation is 2. The molecular weight excluding hydrogens is 216 g/mol. The molecule has 0 aliphatic rings. The Labute approximate surface area is 92.1 Å². The summed E-state index contributed by atoms with van der Waals surface area (Å²) in [4.78, 5) is 8.36. The maximum Gasteiger partial charge on any atom is 0.238 e. The summed E-state index contributed by atoms with van der Waals surface area (Å²) in [6, 6.07) is 0. The Kier molecular flexibility index (Phi) is 3.01. The molecule has 2 aromatic rings. The van der Waals surface area contributed by atoms with E-state index >= 15 is 0 Å². The summed E-state index contributed by atoms with van der Waals surface area (Å²) in [6.45, 7) is 0. The van der Waals surface area contributed by atoms with E-state index in [0.717, 1.165) is 6.42 Å². The number of hydrogen-bond acceptors (Lipinski definition) is 4. The quantitative estimate of drug-likeness (QED) is 0.744. The second-order valence-electron chi connectivity index (χ2n) is 3.17. The van der Waals surface area contributed by atoms with Crippen LogP contribution in [0.2, 0.25) is 0 Å². The maximum atomic E-state index is 5.58. The van der Waals surface area contributed by atoms with Crippen molar-refractivity contribution in [1.82, 2.24) is 19.7 Å². The number of aromatic nitrogens is 4. The lowest BCUT2D eigenvalue weighted by atomic mass is 10.3. The first-order chi connectivity index (χ1) is 7.31. The van der Waals surface area contributed by atoms with Gasteiger partial charge in [0.15, 0.2) is 5.82 Å². The van der Waals surface area contributed by atoms with Gasteiger partial charge in [0.25, 0.3) is 0 Å². The zero-order valence-electron chi connectivity index (χ0n) is 8.35. The topological polar surface area (TPSA) is 56.7 Å². The van der Waals surface area contributed by atoms with Gasteiger partial charge in [0.05, 0.1) is 0 Å². The van der Waals surface area contributed by atoms with Crippen LogP contribution in [0.3, 0.4) is 0 Å². The van der Waals surface area contributed by atoms with Crippen molar-refractivity contribution in [2.75, 3.05) is 5.88 Å². The molecule has 0 aliphatic carbocycles. The fourth-order valence-electron chi connectivity index (χ4n) is 1.25. The zero-order chi connectivity index (χ0) is 10.7. The zero-order valence-corrected chi connectivity index (χ0v) is 9.11. The molecule has 0 aliphatic heterocycles. The summed E-state index contributed by atoms with van der Waals surface area (Å²) in [5.74, 6) is 2.43. The fraction of sp³-hybridized carbons (Fsp3) is 0.444. The van der Waals surface area contributed by atoms with Crippen LogP contribution in [-0.4, -0.2) is 25.6 Å². The minimum Gasteiger partial charge on any atom is -0.339 e. The van der Waals surface area contributed by atoms with E-state index in [1.807, 2.05) is 17.8 Å². The van der Waals surface area contributed by atoms with Gasteiger partial charge in [-0.25, -0.2) is 4.98 Å². The van der Waals surface area contributed by atoms with Crippen molar-refractivity contribution < 1.29 is 4.52 Å². The van der Waals surface area contributed by atoms with Crippen LogP contribution in [-0.2, 0) is 13.5 Å². The minimum absolute atomic E-state index is 0.520. The molecule has 0 N–H and O–H groups in total. The molecule has 2 rings (SSSR count). The van der Waals surface area contributed by atoms with Crippen molar-refractivity contribution in [3.63, 3.8) is 0 Å². The van der Waals surface area contributed by atoms with Crippen molar-refractivity contribution in [2.45, 2.75) is 12.8 Å². The van der Waals surface area contributed by atoms with Crippen LogP contribution in [0, 0.1) is 0 Å². The Morgan fingerprint density at radius 1 is 1.53 bits per heavy atom. The van der Waals surface area contributed by atoms with Crippen molar-refractivity contribution in [3.8, 4) is 11.6 Å². The van der Waals surface area contributed by atoms with Gasteiger partial charge >= 0.3 is 0 Å². The van der Waals surface area contributed by atoms with Crippen LogP contribution in [0.15, 0.2) is 16.9 Å². The molecule has 2 aromatic heterocycles. The molecule has 6 heteroatoms. The number of alkyl halides is 1. The molecule has 0 spiro atoms. The van der Waals surface area contributed by atoms with Gasteiger partial charge in [-0.1, -0.05) is 5.16 Å². The van der Waals surface area contributed by atoms with Gasteiger partial charge < -0.3 is 9.09 Å². The molecule has 0 amide bonds. The Balaban J connectivity index is 2.17. The van der Waals surface area contributed by atoms with Crippen molar-refractivity contribution in [1.29, 1.82) is 0 Å². The molecule has 15 heavy (non-hydrogen) atoms. The molecule has 0 saturated carbocycles. The number of rotatable bonds is 4. The molecule has 0 unspecified atom stereocenters. The van der Waals surface area contributed by atoms with Crippen molar-refractivity contribution >= 4 is 11.6 Å². The molecule has 2 heterocycles. The lowest BCUT2D eigenvalue weighted by Crippen LogP contribution is -1.93. The van der Waals surface area contributed by atoms with Gasteiger partial charge in [0.1, 0.15) is 0 Å². The normalized spacial score (nSPS) is 10.8. The van der Waals surface area contributed by atoms with Crippen LogP contribution in [0.5, 0.6) is 0 Å². The molecule has 0 saturated heterocycles. The van der Waals surface area contributed by atoms with E-state index in [-0.39, 0.29) is 0 Å². The van der Waals surface area contributed by atoms with Gasteiger partial charge in [-0.2, -0.15) is 4.98 Å². The van der Waals surface area contributed by atoms with Crippen LogP contribution in [0.1, 0.15) is 12.3 Å². The van der Waals surface area contributed by atoms with Crippen LogP contribution in [0.4, 0.5) is 0 Å². The third-order valence-electron chi connectivity index (χ3n) is 2.01. The van der Waals surface area contributed by atoms with Gasteiger partial charge in [0.2, 0.25) is 11.7 Å². The highest BCUT2D eigenvalue weighted by molar-refractivity contribution is 6.17. The Morgan fingerprint density at radius 2 is 2.40 bits per heavy atom. The second-order valence-corrected chi connectivity index (χ2v) is 3.54. The number of hydrogen-bond donors (Lipinski definition) is 0. The van der Waals surface area contributed by atoms with Gasteiger partial charge in [0, 0.05) is 31.7 Å². The van der Waals surface area contributed by atoms with Gasteiger partial charge in [-0.3, -0.25) is 0 Å². The molecule has 0 radical (unpaired) electrons. The number of imidazole rings is 1. The highest BCUT2D eigenvalue weighted by Gasteiger charge is 2.11. The fourth-order valence-corrected chi connectivity index (χ4v) is 1.38. The molecule has 0 aromatic carbocycles. The first kappa shape index (κ1) is 10.2. The average Bonchev–Trinajstić information content (AvgIpc) is 2.83. The molecular formula is C9H11ClN4O. The van der Waals surface area contributed by atoms with Gasteiger partial charge in [-0.15, -0.1) is 11.6 Å². The van der Waals surface area contributed by atoms with Crippen LogP contribution in [0.25, 0.3) is 11.6 Å². The monoisotopic (exact) mass is 226 g/mol. The SMILES string of the molecule is Cn1ccnc1-c1noc(CCCCl)n1. The third kappa shape index (κ3) is 2.18. The van der Waals surface area contributed by atoms with E-state index in [1.54, 1.807) is 6.20 Å². The smallest absolute Gasteiger partial charge is 0.238 e.